The predicted octanol–water partition coefficient (Wildman–Crippen LogP) is 0.899. The SMILES string of the molecule is C=[n+]1ccc(=C2C=CN([CH2-])C=C2)cc1. The van der Waals surface area contributed by atoms with Crippen LogP contribution < -0.4 is 9.46 Å². The predicted molar refractivity (Wildman–Crippen MR) is 55.9 cm³/mol. The van der Waals surface area contributed by atoms with Crippen molar-refractivity contribution in [3.05, 3.63) is 68.1 Å². The molecule has 1 aliphatic rings. The number of hydrogen-bond donors (Lipinski definition) is 0. The van der Waals surface area contributed by atoms with Crippen LogP contribution in [-0.2, 0) is 0 Å². The second kappa shape index (κ2) is 3.50. The number of aromatic nitrogens is 1. The van der Waals surface area contributed by atoms with E-state index in [1.165, 1.54) is 10.8 Å². The Hall–Kier alpha value is -1.83. The molecule has 2 heterocycles. The van der Waals surface area contributed by atoms with Crippen molar-refractivity contribution in [1.82, 2.24) is 4.90 Å². The van der Waals surface area contributed by atoms with Crippen molar-refractivity contribution in [3.63, 3.8) is 0 Å². The lowest BCUT2D eigenvalue weighted by atomic mass is 10.1. The molecule has 0 radical (unpaired) electrons. The standard InChI is InChI=1S/C12H12N2/c1-13-7-3-11(4-8-13)12-5-9-14(2)10-6-12/h3-10H,1-2H2. The lowest BCUT2D eigenvalue weighted by molar-refractivity contribution is -0.498. The minimum absolute atomic E-state index is 1.19. The quantitative estimate of drug-likeness (QED) is 0.430. The van der Waals surface area contributed by atoms with Gasteiger partial charge in [-0.15, -0.1) is 0 Å². The molecule has 0 atom stereocenters. The molecule has 0 saturated heterocycles. The molecule has 1 aromatic heterocycles. The molecule has 2 rings (SSSR count). The van der Waals surface area contributed by atoms with Gasteiger partial charge in [0.05, 0.1) is 0 Å². The zero-order chi connectivity index (χ0) is 9.97. The fraction of sp³-hybridized carbons (Fsp3) is 0. The van der Waals surface area contributed by atoms with Crippen LogP contribution in [0.5, 0.6) is 0 Å². The Morgan fingerprint density at radius 1 is 1.14 bits per heavy atom. The molecule has 2 nitrogen and oxygen atoms in total. The summed E-state index contributed by atoms with van der Waals surface area (Å²) in [5, 5.41) is 1.19. The van der Waals surface area contributed by atoms with E-state index in [4.69, 9.17) is 0 Å². The smallest absolute Gasteiger partial charge is 0.174 e. The Bertz CT molecular complexity index is 458. The van der Waals surface area contributed by atoms with Crippen molar-refractivity contribution in [3.8, 4) is 0 Å². The molecule has 0 spiro atoms. The van der Waals surface area contributed by atoms with Crippen molar-refractivity contribution in [2.45, 2.75) is 0 Å². The average molecular weight is 184 g/mol. The fourth-order valence-corrected chi connectivity index (χ4v) is 1.30. The number of pyridine rings is 1. The summed E-state index contributed by atoms with van der Waals surface area (Å²) in [6.45, 7) is 3.77. The lowest BCUT2D eigenvalue weighted by Gasteiger charge is -2.20. The van der Waals surface area contributed by atoms with Gasteiger partial charge < -0.3 is 4.90 Å². The first-order valence-corrected chi connectivity index (χ1v) is 4.40. The summed E-state index contributed by atoms with van der Waals surface area (Å²) in [6.07, 6.45) is 11.8. The Morgan fingerprint density at radius 2 is 1.71 bits per heavy atom. The normalized spacial score (nSPS) is 14.9. The van der Waals surface area contributed by atoms with Crippen LogP contribution in [0.25, 0.3) is 5.57 Å². The van der Waals surface area contributed by atoms with Crippen LogP contribution in [0.4, 0.5) is 0 Å². The molecule has 70 valence electrons. The Kier molecular flexibility index (Phi) is 2.19. The molecule has 0 saturated carbocycles. The van der Waals surface area contributed by atoms with E-state index in [0.29, 0.717) is 0 Å². The first-order valence-electron chi connectivity index (χ1n) is 4.40. The van der Waals surface area contributed by atoms with E-state index in [9.17, 15) is 0 Å². The van der Waals surface area contributed by atoms with Crippen molar-refractivity contribution in [2.24, 2.45) is 0 Å². The second-order valence-corrected chi connectivity index (χ2v) is 3.20. The zero-order valence-corrected chi connectivity index (χ0v) is 7.93. The second-order valence-electron chi connectivity index (χ2n) is 3.20. The fourth-order valence-electron chi connectivity index (χ4n) is 1.30. The van der Waals surface area contributed by atoms with Gasteiger partial charge in [0, 0.05) is 12.1 Å². The maximum absolute atomic E-state index is 3.77. The van der Waals surface area contributed by atoms with E-state index in [2.05, 4.69) is 13.8 Å². The number of allylic oxidation sites excluding steroid dienone is 2. The molecule has 0 unspecified atom stereocenters. The average Bonchev–Trinajstić information content (AvgIpc) is 2.21. The highest BCUT2D eigenvalue weighted by molar-refractivity contribution is 5.67. The third-order valence-corrected chi connectivity index (χ3v) is 2.12. The highest BCUT2D eigenvalue weighted by Crippen LogP contribution is 2.06. The summed E-state index contributed by atoms with van der Waals surface area (Å²) in [7, 11) is 3.77. The molecular formula is C12H12N2. The third-order valence-electron chi connectivity index (χ3n) is 2.12. The molecule has 0 aliphatic carbocycles. The van der Waals surface area contributed by atoms with E-state index >= 15 is 0 Å². The molecule has 1 aliphatic heterocycles. The highest BCUT2D eigenvalue weighted by Gasteiger charge is 1.94. The molecule has 1 aromatic rings. The van der Waals surface area contributed by atoms with Crippen LogP contribution >= 0.6 is 0 Å². The first kappa shape index (κ1) is 8.75. The summed E-state index contributed by atoms with van der Waals surface area (Å²) in [4.78, 5) is 1.77. The first-order chi connectivity index (χ1) is 6.75. The van der Waals surface area contributed by atoms with Crippen LogP contribution in [0.1, 0.15) is 0 Å². The maximum atomic E-state index is 3.77. The van der Waals surface area contributed by atoms with E-state index < -0.39 is 0 Å². The van der Waals surface area contributed by atoms with Crippen molar-refractivity contribution >= 4 is 5.57 Å². The minimum Gasteiger partial charge on any atom is -0.509 e. The molecule has 2 heteroatoms. The van der Waals surface area contributed by atoms with Gasteiger partial charge in [0.25, 0.3) is 0 Å². The summed E-state index contributed by atoms with van der Waals surface area (Å²) in [6, 6.07) is 4.07. The van der Waals surface area contributed by atoms with Crippen LogP contribution in [0.3, 0.4) is 0 Å². The summed E-state index contributed by atoms with van der Waals surface area (Å²) in [5.41, 5.74) is 1.19. The number of rotatable bonds is 0. The van der Waals surface area contributed by atoms with Gasteiger partial charge >= 0.3 is 0 Å². The van der Waals surface area contributed by atoms with Crippen molar-refractivity contribution in [1.29, 1.82) is 0 Å². The van der Waals surface area contributed by atoms with Crippen LogP contribution in [-0.4, -0.2) is 4.90 Å². The van der Waals surface area contributed by atoms with Gasteiger partial charge in [-0.2, -0.15) is 4.24 Å². The van der Waals surface area contributed by atoms with E-state index in [-0.39, 0.29) is 0 Å². The van der Waals surface area contributed by atoms with Gasteiger partial charge in [-0.05, 0) is 35.3 Å². The largest absolute Gasteiger partial charge is 0.509 e. The summed E-state index contributed by atoms with van der Waals surface area (Å²) < 4.78 is 1.77. The highest BCUT2D eigenvalue weighted by atomic mass is 15.0. The van der Waals surface area contributed by atoms with Gasteiger partial charge in [0.2, 0.25) is 0 Å². The van der Waals surface area contributed by atoms with Gasteiger partial charge in [0.15, 0.2) is 12.4 Å². The zero-order valence-electron chi connectivity index (χ0n) is 7.93. The van der Waals surface area contributed by atoms with Crippen LogP contribution in [0.2, 0.25) is 0 Å². The van der Waals surface area contributed by atoms with E-state index in [1.807, 2.05) is 49.1 Å². The Labute approximate surface area is 83.4 Å². The topological polar surface area (TPSA) is 9.14 Å². The van der Waals surface area contributed by atoms with Crippen LogP contribution in [0.15, 0.2) is 49.1 Å². The minimum atomic E-state index is 1.19. The van der Waals surface area contributed by atoms with Gasteiger partial charge in [-0.1, -0.05) is 0 Å². The van der Waals surface area contributed by atoms with Gasteiger partial charge in [-0.3, -0.25) is 7.05 Å². The molecule has 0 fully saturated rings. The van der Waals surface area contributed by atoms with Crippen molar-refractivity contribution in [2.75, 3.05) is 0 Å². The third kappa shape index (κ3) is 1.74. The molecule has 0 N–H and O–H groups in total. The molecular weight excluding hydrogens is 172 g/mol. The number of nitrogens with zero attached hydrogens (tertiary/aromatic N) is 2. The van der Waals surface area contributed by atoms with Crippen molar-refractivity contribution < 1.29 is 4.24 Å². The molecule has 0 amide bonds. The Balaban J connectivity index is 2.52. The Morgan fingerprint density at radius 3 is 2.29 bits per heavy atom. The molecule has 0 bridgehead atoms. The van der Waals surface area contributed by atoms with Gasteiger partial charge in [-0.25, -0.2) is 0 Å². The van der Waals surface area contributed by atoms with Gasteiger partial charge in [0.1, 0.15) is 6.72 Å². The molecule has 14 heavy (non-hydrogen) atoms. The number of hydrogen-bond acceptors (Lipinski definition) is 1. The maximum Gasteiger partial charge on any atom is 0.174 e. The van der Waals surface area contributed by atoms with E-state index in [1.54, 1.807) is 9.14 Å². The summed E-state index contributed by atoms with van der Waals surface area (Å²) >= 11 is 0. The van der Waals surface area contributed by atoms with E-state index in [0.717, 1.165) is 0 Å². The monoisotopic (exact) mass is 184 g/mol. The lowest BCUT2D eigenvalue weighted by Crippen LogP contribution is -2.17. The summed E-state index contributed by atoms with van der Waals surface area (Å²) in [5.74, 6) is 0. The van der Waals surface area contributed by atoms with Crippen LogP contribution in [0, 0.1) is 13.8 Å². The molecule has 0 aromatic carbocycles.